The van der Waals surface area contributed by atoms with Crippen LogP contribution in [0.3, 0.4) is 0 Å². The van der Waals surface area contributed by atoms with Crippen molar-refractivity contribution >= 4 is 6.01 Å². The maximum atomic E-state index is 9.27. The fraction of sp³-hybridized carbons (Fsp3) is 0.100. The smallest absolute Gasteiger partial charge is 0.292 e. The number of oxazole rings is 1. The average molecular weight is 206 g/mol. The monoisotopic (exact) mass is 206 g/mol. The van der Waals surface area contributed by atoms with Crippen LogP contribution in [-0.4, -0.2) is 17.2 Å². The van der Waals surface area contributed by atoms with Crippen LogP contribution in [0.4, 0.5) is 6.01 Å². The van der Waals surface area contributed by atoms with Gasteiger partial charge in [-0.1, -0.05) is 0 Å². The molecular weight excluding hydrogens is 196 g/mol. The molecule has 1 heterocycles. The van der Waals surface area contributed by atoms with E-state index < -0.39 is 0 Å². The lowest BCUT2D eigenvalue weighted by molar-refractivity contribution is 0.408. The third-order valence-corrected chi connectivity index (χ3v) is 1.97. The number of methoxy groups -OCH3 is 1. The Morgan fingerprint density at radius 1 is 1.47 bits per heavy atom. The van der Waals surface area contributed by atoms with Crippen molar-refractivity contribution in [3.63, 3.8) is 0 Å². The van der Waals surface area contributed by atoms with Gasteiger partial charge in [0.15, 0.2) is 5.76 Å². The Hall–Kier alpha value is -2.17. The number of hydrogen-bond acceptors (Lipinski definition) is 5. The lowest BCUT2D eigenvalue weighted by Crippen LogP contribution is -1.86. The molecular formula is C10H10N2O3. The molecule has 2 rings (SSSR count). The summed E-state index contributed by atoms with van der Waals surface area (Å²) in [6.45, 7) is 0. The summed E-state index contributed by atoms with van der Waals surface area (Å²) >= 11 is 0. The van der Waals surface area contributed by atoms with Crippen LogP contribution in [-0.2, 0) is 0 Å². The van der Waals surface area contributed by atoms with Crippen molar-refractivity contribution in [2.75, 3.05) is 12.8 Å². The zero-order valence-corrected chi connectivity index (χ0v) is 8.10. The fourth-order valence-electron chi connectivity index (χ4n) is 1.30. The first-order valence-electron chi connectivity index (χ1n) is 4.29. The maximum absolute atomic E-state index is 9.27. The number of ether oxygens (including phenoxy) is 1. The van der Waals surface area contributed by atoms with E-state index in [-0.39, 0.29) is 11.8 Å². The van der Waals surface area contributed by atoms with E-state index in [1.165, 1.54) is 25.4 Å². The predicted octanol–water partition coefficient (Wildman–Crippen LogP) is 1.64. The molecule has 1 aromatic carbocycles. The van der Waals surface area contributed by atoms with Gasteiger partial charge in [-0.25, -0.2) is 4.98 Å². The van der Waals surface area contributed by atoms with Gasteiger partial charge in [0.1, 0.15) is 11.5 Å². The molecule has 78 valence electrons. The van der Waals surface area contributed by atoms with Crippen molar-refractivity contribution in [1.82, 2.24) is 4.98 Å². The van der Waals surface area contributed by atoms with Gasteiger partial charge in [-0.2, -0.15) is 0 Å². The molecule has 0 aliphatic rings. The minimum Gasteiger partial charge on any atom is -0.508 e. The summed E-state index contributed by atoms with van der Waals surface area (Å²) in [5.41, 5.74) is 6.06. The van der Waals surface area contributed by atoms with Gasteiger partial charge in [0.05, 0.1) is 18.9 Å². The summed E-state index contributed by atoms with van der Waals surface area (Å²) in [4.78, 5) is 3.78. The number of nitrogens with two attached hydrogens (primary N) is 1. The molecule has 0 atom stereocenters. The predicted molar refractivity (Wildman–Crippen MR) is 54.6 cm³/mol. The second-order valence-electron chi connectivity index (χ2n) is 2.95. The van der Waals surface area contributed by atoms with Crippen molar-refractivity contribution in [1.29, 1.82) is 0 Å². The van der Waals surface area contributed by atoms with E-state index in [1.807, 2.05) is 0 Å². The molecule has 0 bridgehead atoms. The molecule has 15 heavy (non-hydrogen) atoms. The summed E-state index contributed by atoms with van der Waals surface area (Å²) < 4.78 is 10.3. The number of benzene rings is 1. The van der Waals surface area contributed by atoms with Crippen molar-refractivity contribution in [2.24, 2.45) is 0 Å². The van der Waals surface area contributed by atoms with Gasteiger partial charge < -0.3 is 20.0 Å². The zero-order chi connectivity index (χ0) is 10.8. The lowest BCUT2D eigenvalue weighted by atomic mass is 10.1. The maximum Gasteiger partial charge on any atom is 0.292 e. The Balaban J connectivity index is 2.52. The molecule has 3 N–H and O–H groups in total. The summed E-state index contributed by atoms with van der Waals surface area (Å²) in [7, 11) is 1.51. The molecule has 1 aromatic heterocycles. The van der Waals surface area contributed by atoms with E-state index in [1.54, 1.807) is 6.07 Å². The van der Waals surface area contributed by atoms with Crippen LogP contribution in [0.25, 0.3) is 11.3 Å². The largest absolute Gasteiger partial charge is 0.508 e. The molecule has 0 saturated carbocycles. The second kappa shape index (κ2) is 3.53. The third kappa shape index (κ3) is 1.71. The highest BCUT2D eigenvalue weighted by Gasteiger charge is 2.10. The first kappa shape index (κ1) is 9.39. The number of hydrogen-bond donors (Lipinski definition) is 2. The van der Waals surface area contributed by atoms with Crippen LogP contribution < -0.4 is 10.5 Å². The zero-order valence-electron chi connectivity index (χ0n) is 8.10. The van der Waals surface area contributed by atoms with Gasteiger partial charge >= 0.3 is 0 Å². The molecule has 0 saturated heterocycles. The summed E-state index contributed by atoms with van der Waals surface area (Å²) in [5.74, 6) is 1.14. The Labute approximate surface area is 86.1 Å². The number of nitrogen functional groups attached to an aromatic ring is 1. The van der Waals surface area contributed by atoms with Crippen LogP contribution in [0.2, 0.25) is 0 Å². The molecule has 0 aliphatic carbocycles. The first-order valence-corrected chi connectivity index (χ1v) is 4.29. The van der Waals surface area contributed by atoms with E-state index in [0.29, 0.717) is 17.1 Å². The Bertz CT molecular complexity index is 479. The molecule has 0 aliphatic heterocycles. The lowest BCUT2D eigenvalue weighted by Gasteiger charge is -2.05. The number of aromatic hydroxyl groups is 1. The molecule has 0 spiro atoms. The average Bonchev–Trinajstić information content (AvgIpc) is 2.64. The number of phenols is 1. The molecule has 2 aromatic rings. The van der Waals surface area contributed by atoms with Crippen LogP contribution >= 0.6 is 0 Å². The number of anilines is 1. The highest BCUT2D eigenvalue weighted by Crippen LogP contribution is 2.33. The second-order valence-corrected chi connectivity index (χ2v) is 2.95. The molecule has 0 unspecified atom stereocenters. The fourth-order valence-corrected chi connectivity index (χ4v) is 1.30. The van der Waals surface area contributed by atoms with Crippen molar-refractivity contribution in [3.8, 4) is 22.8 Å². The van der Waals surface area contributed by atoms with Crippen molar-refractivity contribution < 1.29 is 14.3 Å². The van der Waals surface area contributed by atoms with Crippen LogP contribution in [0.1, 0.15) is 0 Å². The van der Waals surface area contributed by atoms with E-state index in [0.717, 1.165) is 0 Å². The van der Waals surface area contributed by atoms with Crippen molar-refractivity contribution in [3.05, 3.63) is 24.4 Å². The van der Waals surface area contributed by atoms with Gasteiger partial charge in [-0.15, -0.1) is 0 Å². The van der Waals surface area contributed by atoms with Gasteiger partial charge in [0, 0.05) is 6.07 Å². The normalized spacial score (nSPS) is 10.2. The van der Waals surface area contributed by atoms with Crippen LogP contribution in [0.15, 0.2) is 28.8 Å². The number of rotatable bonds is 2. The molecule has 0 radical (unpaired) electrons. The van der Waals surface area contributed by atoms with Crippen molar-refractivity contribution in [2.45, 2.75) is 0 Å². The SMILES string of the molecule is COc1cc(O)ccc1-c1cnc(N)o1. The number of phenolic OH excluding ortho intramolecular Hbond substituents is 1. The van der Waals surface area contributed by atoms with Crippen LogP contribution in [0, 0.1) is 0 Å². The van der Waals surface area contributed by atoms with E-state index >= 15 is 0 Å². The Morgan fingerprint density at radius 3 is 2.87 bits per heavy atom. The molecule has 0 fully saturated rings. The highest BCUT2D eigenvalue weighted by atomic mass is 16.5. The van der Waals surface area contributed by atoms with Gasteiger partial charge in [-0.05, 0) is 12.1 Å². The van der Waals surface area contributed by atoms with Crippen LogP contribution in [0.5, 0.6) is 11.5 Å². The quantitative estimate of drug-likeness (QED) is 0.780. The minimum atomic E-state index is 0.0973. The van der Waals surface area contributed by atoms with E-state index in [9.17, 15) is 5.11 Å². The van der Waals surface area contributed by atoms with Gasteiger partial charge in [-0.3, -0.25) is 0 Å². The summed E-state index contributed by atoms with van der Waals surface area (Å²) in [6, 6.07) is 4.80. The van der Waals surface area contributed by atoms with Gasteiger partial charge in [0.2, 0.25) is 0 Å². The van der Waals surface area contributed by atoms with Gasteiger partial charge in [0.25, 0.3) is 6.01 Å². The topological polar surface area (TPSA) is 81.5 Å². The molecule has 5 heteroatoms. The standard InChI is InChI=1S/C10H10N2O3/c1-14-8-4-6(13)2-3-7(8)9-5-12-10(11)15-9/h2-5,13H,1H3,(H2,11,12). The van der Waals surface area contributed by atoms with E-state index in [4.69, 9.17) is 14.9 Å². The Kier molecular flexibility index (Phi) is 2.21. The van der Waals surface area contributed by atoms with E-state index in [2.05, 4.69) is 4.98 Å². The summed E-state index contributed by atoms with van der Waals surface area (Å²) in [5, 5.41) is 9.27. The molecule has 5 nitrogen and oxygen atoms in total. The highest BCUT2D eigenvalue weighted by molar-refractivity contribution is 5.67. The first-order chi connectivity index (χ1) is 7.20. The number of aromatic nitrogens is 1. The minimum absolute atomic E-state index is 0.0973. The Morgan fingerprint density at radius 2 is 2.27 bits per heavy atom. The molecule has 0 amide bonds. The summed E-state index contributed by atoms with van der Waals surface area (Å²) in [6.07, 6.45) is 1.50. The number of nitrogens with zero attached hydrogens (tertiary/aromatic N) is 1. The third-order valence-electron chi connectivity index (χ3n) is 1.97.